The van der Waals surface area contributed by atoms with E-state index in [0.29, 0.717) is 37.3 Å². The number of Topliss-reactive ketones (excluding diaryl/α,β-unsaturated/α-hetero) is 1. The predicted molar refractivity (Wildman–Crippen MR) is 127 cm³/mol. The van der Waals surface area contributed by atoms with E-state index in [1.807, 2.05) is 36.4 Å². The molecule has 0 aromatic heterocycles. The summed E-state index contributed by atoms with van der Waals surface area (Å²) in [4.78, 5) is 13.9. The van der Waals surface area contributed by atoms with Crippen molar-refractivity contribution in [2.75, 3.05) is 26.2 Å². The van der Waals surface area contributed by atoms with Gasteiger partial charge in [-0.3, -0.25) is 9.69 Å². The SMILES string of the molecule is CC(=O)c1ccc(S(=O)(=O)N2CCN(Cc3ccc(-c4ccccc4C#N)cc3)CC2)cc1. The molecular weight excluding hydrogens is 434 g/mol. The van der Waals surface area contributed by atoms with Gasteiger partial charge in [0.1, 0.15) is 0 Å². The maximum absolute atomic E-state index is 13.0. The highest BCUT2D eigenvalue weighted by atomic mass is 32.2. The van der Waals surface area contributed by atoms with Crippen molar-refractivity contribution in [3.8, 4) is 17.2 Å². The van der Waals surface area contributed by atoms with E-state index < -0.39 is 10.0 Å². The number of ketones is 1. The molecule has 0 atom stereocenters. The second-order valence-electron chi connectivity index (χ2n) is 8.12. The molecule has 0 amide bonds. The Kier molecular flexibility index (Phi) is 6.70. The number of carbonyl (C=O) groups excluding carboxylic acids is 1. The number of benzene rings is 3. The first-order chi connectivity index (χ1) is 15.9. The van der Waals surface area contributed by atoms with Gasteiger partial charge in [0.25, 0.3) is 0 Å². The molecule has 0 unspecified atom stereocenters. The number of sulfonamides is 1. The first-order valence-corrected chi connectivity index (χ1v) is 12.2. The molecule has 7 heteroatoms. The Morgan fingerprint density at radius 1 is 0.909 bits per heavy atom. The number of carbonyl (C=O) groups is 1. The summed E-state index contributed by atoms with van der Waals surface area (Å²) in [6.45, 7) is 4.32. The van der Waals surface area contributed by atoms with Gasteiger partial charge >= 0.3 is 0 Å². The van der Waals surface area contributed by atoms with E-state index >= 15 is 0 Å². The lowest BCUT2D eigenvalue weighted by molar-refractivity contribution is 0.101. The maximum atomic E-state index is 13.0. The van der Waals surface area contributed by atoms with Crippen LogP contribution in [0, 0.1) is 11.3 Å². The monoisotopic (exact) mass is 459 g/mol. The van der Waals surface area contributed by atoms with Crippen LogP contribution < -0.4 is 0 Å². The van der Waals surface area contributed by atoms with Gasteiger partial charge in [-0.1, -0.05) is 54.6 Å². The molecule has 0 radical (unpaired) electrons. The summed E-state index contributed by atoms with van der Waals surface area (Å²) in [5.74, 6) is -0.0881. The van der Waals surface area contributed by atoms with Crippen LogP contribution in [0.1, 0.15) is 28.4 Å². The minimum absolute atomic E-state index is 0.0881. The van der Waals surface area contributed by atoms with Crippen molar-refractivity contribution in [1.82, 2.24) is 9.21 Å². The maximum Gasteiger partial charge on any atom is 0.243 e. The third-order valence-corrected chi connectivity index (χ3v) is 7.86. The van der Waals surface area contributed by atoms with Crippen LogP contribution in [-0.2, 0) is 16.6 Å². The quantitative estimate of drug-likeness (QED) is 0.522. The number of rotatable bonds is 6. The van der Waals surface area contributed by atoms with E-state index in [1.165, 1.54) is 23.4 Å². The minimum Gasteiger partial charge on any atom is -0.296 e. The fourth-order valence-corrected chi connectivity index (χ4v) is 5.44. The standard InChI is InChI=1S/C26H25N3O3S/c1-20(30)22-10-12-25(13-11-22)33(31,32)29-16-14-28(15-17-29)19-21-6-8-23(9-7-21)26-5-3-2-4-24(26)18-27/h2-13H,14-17,19H2,1H3. The van der Waals surface area contributed by atoms with Gasteiger partial charge in [-0.05, 0) is 41.8 Å². The van der Waals surface area contributed by atoms with Gasteiger partial charge in [0.2, 0.25) is 10.0 Å². The summed E-state index contributed by atoms with van der Waals surface area (Å²) in [5, 5.41) is 9.32. The largest absolute Gasteiger partial charge is 0.296 e. The Morgan fingerprint density at radius 3 is 2.15 bits per heavy atom. The van der Waals surface area contributed by atoms with Crippen LogP contribution in [0.3, 0.4) is 0 Å². The van der Waals surface area contributed by atoms with Crippen LogP contribution in [0.5, 0.6) is 0 Å². The van der Waals surface area contributed by atoms with Crippen LogP contribution in [0.15, 0.2) is 77.7 Å². The van der Waals surface area contributed by atoms with E-state index in [2.05, 4.69) is 23.1 Å². The van der Waals surface area contributed by atoms with Gasteiger partial charge in [-0.25, -0.2) is 8.42 Å². The summed E-state index contributed by atoms with van der Waals surface area (Å²) in [7, 11) is -3.57. The molecule has 6 nitrogen and oxygen atoms in total. The molecule has 0 saturated carbocycles. The highest BCUT2D eigenvalue weighted by molar-refractivity contribution is 7.89. The molecule has 4 rings (SSSR count). The first kappa shape index (κ1) is 22.9. The summed E-state index contributed by atoms with van der Waals surface area (Å²) in [5.41, 5.74) is 4.22. The molecule has 1 heterocycles. The number of nitrogens with zero attached hydrogens (tertiary/aromatic N) is 3. The molecule has 0 N–H and O–H groups in total. The second kappa shape index (κ2) is 9.67. The van der Waals surface area contributed by atoms with Crippen LogP contribution >= 0.6 is 0 Å². The zero-order valence-corrected chi connectivity index (χ0v) is 19.3. The van der Waals surface area contributed by atoms with E-state index in [9.17, 15) is 18.5 Å². The average molecular weight is 460 g/mol. The van der Waals surface area contributed by atoms with Gasteiger partial charge in [0, 0.05) is 38.3 Å². The average Bonchev–Trinajstić information content (AvgIpc) is 2.85. The van der Waals surface area contributed by atoms with Crippen molar-refractivity contribution in [2.45, 2.75) is 18.4 Å². The summed E-state index contributed by atoms with van der Waals surface area (Å²) in [6, 6.07) is 24.1. The van der Waals surface area contributed by atoms with Crippen LogP contribution in [0.2, 0.25) is 0 Å². The summed E-state index contributed by atoms with van der Waals surface area (Å²) in [6.07, 6.45) is 0. The molecule has 0 spiro atoms. The zero-order chi connectivity index (χ0) is 23.4. The number of hydrogen-bond donors (Lipinski definition) is 0. The van der Waals surface area contributed by atoms with Gasteiger partial charge < -0.3 is 0 Å². The van der Waals surface area contributed by atoms with E-state index in [-0.39, 0.29) is 10.7 Å². The van der Waals surface area contributed by atoms with Gasteiger partial charge in [0.05, 0.1) is 16.5 Å². The smallest absolute Gasteiger partial charge is 0.243 e. The summed E-state index contributed by atoms with van der Waals surface area (Å²) >= 11 is 0. The molecule has 168 valence electrons. The highest BCUT2D eigenvalue weighted by Crippen LogP contribution is 2.24. The van der Waals surface area contributed by atoms with Crippen LogP contribution in [0.4, 0.5) is 0 Å². The molecule has 3 aromatic rings. The van der Waals surface area contributed by atoms with Crippen molar-refractivity contribution in [3.63, 3.8) is 0 Å². The van der Waals surface area contributed by atoms with E-state index in [0.717, 1.165) is 23.2 Å². The Hall–Kier alpha value is -3.31. The normalized spacial score (nSPS) is 15.2. The Labute approximate surface area is 194 Å². The third-order valence-electron chi connectivity index (χ3n) is 5.95. The number of nitriles is 1. The predicted octanol–water partition coefficient (Wildman–Crippen LogP) is 3.93. The minimum atomic E-state index is -3.57. The van der Waals surface area contributed by atoms with Crippen molar-refractivity contribution < 1.29 is 13.2 Å². The number of hydrogen-bond acceptors (Lipinski definition) is 5. The lowest BCUT2D eigenvalue weighted by Crippen LogP contribution is -2.48. The van der Waals surface area contributed by atoms with Gasteiger partial charge in [-0.15, -0.1) is 0 Å². The Balaban J connectivity index is 1.37. The molecule has 33 heavy (non-hydrogen) atoms. The molecule has 0 bridgehead atoms. The van der Waals surface area contributed by atoms with Crippen molar-refractivity contribution in [1.29, 1.82) is 5.26 Å². The fraction of sp³-hybridized carbons (Fsp3) is 0.231. The van der Waals surface area contributed by atoms with E-state index in [4.69, 9.17) is 0 Å². The Morgan fingerprint density at radius 2 is 1.55 bits per heavy atom. The van der Waals surface area contributed by atoms with E-state index in [1.54, 1.807) is 12.1 Å². The third kappa shape index (κ3) is 5.04. The molecule has 0 aliphatic carbocycles. The van der Waals surface area contributed by atoms with Crippen molar-refractivity contribution in [3.05, 3.63) is 89.5 Å². The highest BCUT2D eigenvalue weighted by Gasteiger charge is 2.28. The van der Waals surface area contributed by atoms with Crippen molar-refractivity contribution >= 4 is 15.8 Å². The van der Waals surface area contributed by atoms with Gasteiger partial charge in [0.15, 0.2) is 5.78 Å². The van der Waals surface area contributed by atoms with Crippen LogP contribution in [-0.4, -0.2) is 49.6 Å². The van der Waals surface area contributed by atoms with Crippen molar-refractivity contribution in [2.24, 2.45) is 0 Å². The molecule has 1 aliphatic rings. The fourth-order valence-electron chi connectivity index (χ4n) is 4.02. The Bertz CT molecular complexity index is 1290. The lowest BCUT2D eigenvalue weighted by atomic mass is 9.99. The molecule has 3 aromatic carbocycles. The molecule has 1 saturated heterocycles. The molecule has 1 aliphatic heterocycles. The van der Waals surface area contributed by atoms with Gasteiger partial charge in [-0.2, -0.15) is 9.57 Å². The number of piperazine rings is 1. The second-order valence-corrected chi connectivity index (χ2v) is 10.1. The lowest BCUT2D eigenvalue weighted by Gasteiger charge is -2.34. The van der Waals surface area contributed by atoms with Crippen LogP contribution in [0.25, 0.3) is 11.1 Å². The summed E-state index contributed by atoms with van der Waals surface area (Å²) < 4.78 is 27.4. The first-order valence-electron chi connectivity index (χ1n) is 10.8. The topological polar surface area (TPSA) is 81.5 Å². The molecular formula is C26H25N3O3S. The zero-order valence-electron chi connectivity index (χ0n) is 18.4. The molecule has 1 fully saturated rings.